The van der Waals surface area contributed by atoms with E-state index in [4.69, 9.17) is 4.74 Å². The molecule has 0 aliphatic heterocycles. The number of carbonyl (C=O) groups excluding carboxylic acids is 1. The second-order valence-corrected chi connectivity index (χ2v) is 5.96. The molecule has 30 heavy (non-hydrogen) atoms. The molecule has 10 heteroatoms. The summed E-state index contributed by atoms with van der Waals surface area (Å²) in [5.74, 6) is -7.04. The number of halogens is 7. The number of alkyl halides is 3. The van der Waals surface area contributed by atoms with Crippen LogP contribution in [0.3, 0.4) is 0 Å². The first kappa shape index (κ1) is 21.2. The summed E-state index contributed by atoms with van der Waals surface area (Å²) in [7, 11) is 0. The van der Waals surface area contributed by atoms with Crippen molar-refractivity contribution in [3.05, 3.63) is 89.0 Å². The maximum absolute atomic E-state index is 13.7. The van der Waals surface area contributed by atoms with Crippen molar-refractivity contribution >= 4 is 11.6 Å². The summed E-state index contributed by atoms with van der Waals surface area (Å²) in [4.78, 5) is 12.0. The zero-order valence-electron chi connectivity index (χ0n) is 14.7. The Hall–Kier alpha value is -3.56. The molecule has 0 unspecified atom stereocenters. The third-order valence-electron chi connectivity index (χ3n) is 3.82. The normalized spacial score (nSPS) is 11.3. The highest BCUT2D eigenvalue weighted by atomic mass is 19.4. The van der Waals surface area contributed by atoms with Crippen LogP contribution >= 0.6 is 0 Å². The van der Waals surface area contributed by atoms with Crippen molar-refractivity contribution in [1.82, 2.24) is 0 Å². The quantitative estimate of drug-likeness (QED) is 0.494. The van der Waals surface area contributed by atoms with Crippen LogP contribution in [0.25, 0.3) is 0 Å². The number of carbonyl (C=O) groups is 1. The number of ether oxygens (including phenoxy) is 1. The first-order valence-corrected chi connectivity index (χ1v) is 8.15. The molecular weight excluding hydrogens is 419 g/mol. The molecule has 0 heterocycles. The molecule has 0 atom stereocenters. The average Bonchev–Trinajstić information content (AvgIpc) is 2.61. The molecule has 0 saturated heterocycles. The maximum atomic E-state index is 13.7. The van der Waals surface area contributed by atoms with Crippen molar-refractivity contribution in [2.45, 2.75) is 6.18 Å². The molecule has 3 aromatic carbocycles. The highest BCUT2D eigenvalue weighted by Crippen LogP contribution is 2.38. The van der Waals surface area contributed by atoms with Gasteiger partial charge in [0.1, 0.15) is 40.3 Å². The first-order chi connectivity index (χ1) is 14.0. The average molecular weight is 429 g/mol. The van der Waals surface area contributed by atoms with Gasteiger partial charge in [0, 0.05) is 23.9 Å². The molecule has 156 valence electrons. The number of hydrogen-bond acceptors (Lipinski definition) is 2. The largest absolute Gasteiger partial charge is 0.457 e. The van der Waals surface area contributed by atoms with Crippen molar-refractivity contribution in [2.24, 2.45) is 0 Å². The van der Waals surface area contributed by atoms with Gasteiger partial charge in [-0.15, -0.1) is 0 Å². The number of amides is 1. The molecule has 0 fully saturated rings. The van der Waals surface area contributed by atoms with Gasteiger partial charge in [0.2, 0.25) is 0 Å². The van der Waals surface area contributed by atoms with Crippen molar-refractivity contribution in [2.75, 3.05) is 5.32 Å². The topological polar surface area (TPSA) is 38.3 Å². The van der Waals surface area contributed by atoms with Gasteiger partial charge in [-0.25, -0.2) is 17.6 Å². The van der Waals surface area contributed by atoms with E-state index >= 15 is 0 Å². The van der Waals surface area contributed by atoms with Gasteiger partial charge in [0.05, 0.1) is 5.56 Å². The highest BCUT2D eigenvalue weighted by Gasteiger charge is 2.34. The monoisotopic (exact) mass is 429 g/mol. The molecule has 0 aliphatic rings. The van der Waals surface area contributed by atoms with Crippen LogP contribution in [0.1, 0.15) is 15.9 Å². The standard InChI is InChI=1S/C20H10F7NO2/c21-10-1-6-14(20(25,26)27)17(9-10)30-13-4-2-12(3-5-13)28-19(29)18-15(23)7-11(22)8-16(18)24/h1-9H,(H,28,29). The van der Waals surface area contributed by atoms with Gasteiger partial charge in [0.25, 0.3) is 5.91 Å². The van der Waals surface area contributed by atoms with E-state index in [9.17, 15) is 35.5 Å². The van der Waals surface area contributed by atoms with Crippen LogP contribution < -0.4 is 10.1 Å². The third kappa shape index (κ3) is 4.70. The predicted octanol–water partition coefficient (Wildman–Crippen LogP) is 6.31. The Morgan fingerprint density at radius 3 is 1.97 bits per heavy atom. The minimum atomic E-state index is -4.78. The van der Waals surface area contributed by atoms with Crippen LogP contribution in [0.4, 0.5) is 36.4 Å². The van der Waals surface area contributed by atoms with Gasteiger partial charge in [0.15, 0.2) is 0 Å². The number of benzene rings is 3. The summed E-state index contributed by atoms with van der Waals surface area (Å²) < 4.78 is 97.7. The molecule has 3 nitrogen and oxygen atoms in total. The van der Waals surface area contributed by atoms with Crippen LogP contribution in [-0.4, -0.2) is 5.91 Å². The molecule has 1 amide bonds. The fraction of sp³-hybridized carbons (Fsp3) is 0.0500. The van der Waals surface area contributed by atoms with E-state index in [0.29, 0.717) is 30.3 Å². The van der Waals surface area contributed by atoms with Crippen LogP contribution in [0.5, 0.6) is 11.5 Å². The summed E-state index contributed by atoms with van der Waals surface area (Å²) in [6, 6.07) is 7.08. The van der Waals surface area contributed by atoms with Gasteiger partial charge in [-0.1, -0.05) is 0 Å². The second kappa shape index (κ2) is 8.05. The molecule has 0 radical (unpaired) electrons. The summed E-state index contributed by atoms with van der Waals surface area (Å²) in [6.45, 7) is 0. The van der Waals surface area contributed by atoms with E-state index in [2.05, 4.69) is 5.32 Å². The fourth-order valence-corrected chi connectivity index (χ4v) is 2.50. The highest BCUT2D eigenvalue weighted by molar-refractivity contribution is 6.04. The van der Waals surface area contributed by atoms with Crippen LogP contribution in [-0.2, 0) is 6.18 Å². The molecular formula is C20H10F7NO2. The van der Waals surface area contributed by atoms with Gasteiger partial charge in [-0.3, -0.25) is 4.79 Å². The lowest BCUT2D eigenvalue weighted by Gasteiger charge is -2.14. The first-order valence-electron chi connectivity index (χ1n) is 8.15. The Kier molecular flexibility index (Phi) is 5.68. The lowest BCUT2D eigenvalue weighted by molar-refractivity contribution is -0.138. The van der Waals surface area contributed by atoms with E-state index in [-0.39, 0.29) is 11.4 Å². The molecule has 0 aromatic heterocycles. The fourth-order valence-electron chi connectivity index (χ4n) is 2.50. The lowest BCUT2D eigenvalue weighted by atomic mass is 10.1. The van der Waals surface area contributed by atoms with Gasteiger partial charge >= 0.3 is 6.18 Å². The molecule has 0 bridgehead atoms. The molecule has 1 N–H and O–H groups in total. The van der Waals surface area contributed by atoms with E-state index in [1.165, 1.54) is 12.1 Å². The number of anilines is 1. The lowest BCUT2D eigenvalue weighted by Crippen LogP contribution is -2.16. The van der Waals surface area contributed by atoms with Gasteiger partial charge in [-0.2, -0.15) is 13.2 Å². The third-order valence-corrected chi connectivity index (χ3v) is 3.82. The molecule has 0 aliphatic carbocycles. The van der Waals surface area contributed by atoms with Crippen molar-refractivity contribution in [3.63, 3.8) is 0 Å². The number of rotatable bonds is 4. The van der Waals surface area contributed by atoms with Crippen molar-refractivity contribution in [3.8, 4) is 11.5 Å². The minimum Gasteiger partial charge on any atom is -0.457 e. The summed E-state index contributed by atoms with van der Waals surface area (Å²) in [6.07, 6.45) is -4.78. The van der Waals surface area contributed by atoms with E-state index in [1.54, 1.807) is 0 Å². The Bertz CT molecular complexity index is 1070. The second-order valence-electron chi connectivity index (χ2n) is 5.96. The maximum Gasteiger partial charge on any atom is 0.419 e. The number of nitrogens with one attached hydrogen (secondary N) is 1. The van der Waals surface area contributed by atoms with Crippen molar-refractivity contribution in [1.29, 1.82) is 0 Å². The van der Waals surface area contributed by atoms with E-state index in [1.807, 2.05) is 0 Å². The summed E-state index contributed by atoms with van der Waals surface area (Å²) >= 11 is 0. The van der Waals surface area contributed by atoms with E-state index < -0.39 is 52.2 Å². The molecule has 0 spiro atoms. The predicted molar refractivity (Wildman–Crippen MR) is 92.2 cm³/mol. The van der Waals surface area contributed by atoms with E-state index in [0.717, 1.165) is 12.1 Å². The molecule has 3 rings (SSSR count). The summed E-state index contributed by atoms with van der Waals surface area (Å²) in [5, 5.41) is 2.16. The van der Waals surface area contributed by atoms with Gasteiger partial charge in [-0.05, 0) is 36.4 Å². The molecule has 3 aromatic rings. The zero-order valence-corrected chi connectivity index (χ0v) is 14.7. The Labute approximate surface area is 164 Å². The van der Waals surface area contributed by atoms with Gasteiger partial charge < -0.3 is 10.1 Å². The van der Waals surface area contributed by atoms with Crippen molar-refractivity contribution < 1.29 is 40.3 Å². The SMILES string of the molecule is O=C(Nc1ccc(Oc2cc(F)ccc2C(F)(F)F)cc1)c1c(F)cc(F)cc1F. The Morgan fingerprint density at radius 1 is 0.800 bits per heavy atom. The summed E-state index contributed by atoms with van der Waals surface area (Å²) in [5.41, 5.74) is -2.18. The zero-order chi connectivity index (χ0) is 22.1. The van der Waals surface area contributed by atoms with Crippen LogP contribution in [0, 0.1) is 23.3 Å². The molecule has 0 saturated carbocycles. The number of hydrogen-bond donors (Lipinski definition) is 1. The Balaban J connectivity index is 1.78. The minimum absolute atomic E-state index is 0.0192. The smallest absolute Gasteiger partial charge is 0.419 e. The van der Waals surface area contributed by atoms with Crippen LogP contribution in [0.15, 0.2) is 54.6 Å². The van der Waals surface area contributed by atoms with Crippen LogP contribution in [0.2, 0.25) is 0 Å². The Morgan fingerprint density at radius 2 is 1.40 bits per heavy atom.